The first-order valence-corrected chi connectivity index (χ1v) is 5.09. The molecule has 1 N–H and O–H groups in total. The highest BCUT2D eigenvalue weighted by Crippen LogP contribution is 2.32. The van der Waals surface area contributed by atoms with E-state index in [1.807, 2.05) is 6.92 Å². The van der Waals surface area contributed by atoms with Gasteiger partial charge >= 0.3 is 0 Å². The summed E-state index contributed by atoms with van der Waals surface area (Å²) < 4.78 is 7.65. The van der Waals surface area contributed by atoms with Crippen molar-refractivity contribution in [2.75, 3.05) is 0 Å². The predicted octanol–water partition coefficient (Wildman–Crippen LogP) is 1.07. The van der Waals surface area contributed by atoms with Gasteiger partial charge in [0.25, 0.3) is 5.91 Å². The van der Waals surface area contributed by atoms with Gasteiger partial charge in [-0.25, -0.2) is 0 Å². The van der Waals surface area contributed by atoms with Gasteiger partial charge in [0.1, 0.15) is 0 Å². The quantitative estimate of drug-likeness (QED) is 0.788. The van der Waals surface area contributed by atoms with E-state index in [9.17, 15) is 4.79 Å². The molecule has 1 heterocycles. The Morgan fingerprint density at radius 1 is 1.77 bits per heavy atom. The van der Waals surface area contributed by atoms with Crippen LogP contribution in [0.5, 0.6) is 0 Å². The molecule has 1 aromatic heterocycles. The second-order valence-corrected chi connectivity index (χ2v) is 3.95. The first-order chi connectivity index (χ1) is 6.27. The van der Waals surface area contributed by atoms with Crippen LogP contribution in [0.4, 0.5) is 0 Å². The smallest absolute Gasteiger partial charge is 0.272 e. The Kier molecular flexibility index (Phi) is 2.26. The Labute approximate surface area is 80.7 Å². The summed E-state index contributed by atoms with van der Waals surface area (Å²) in [6.07, 6.45) is 3.97. The van der Waals surface area contributed by atoms with Gasteiger partial charge in [-0.05, 0) is 25.7 Å². The number of nitrogens with zero attached hydrogens (tertiary/aromatic N) is 2. The maximum absolute atomic E-state index is 11.4. The SMILES string of the molecule is CC(NC(=O)c1cnsn1)C1CC1. The summed E-state index contributed by atoms with van der Waals surface area (Å²) in [7, 11) is 0. The van der Waals surface area contributed by atoms with Gasteiger partial charge in [0.05, 0.1) is 17.9 Å². The minimum Gasteiger partial charge on any atom is -0.348 e. The molecule has 13 heavy (non-hydrogen) atoms. The van der Waals surface area contributed by atoms with E-state index in [0.717, 1.165) is 11.7 Å². The molecule has 1 atom stereocenters. The number of aromatic nitrogens is 2. The van der Waals surface area contributed by atoms with E-state index in [-0.39, 0.29) is 11.9 Å². The largest absolute Gasteiger partial charge is 0.348 e. The molecule has 5 heteroatoms. The van der Waals surface area contributed by atoms with Crippen LogP contribution >= 0.6 is 11.7 Å². The lowest BCUT2D eigenvalue weighted by Crippen LogP contribution is -2.34. The van der Waals surface area contributed by atoms with Crippen molar-refractivity contribution in [1.29, 1.82) is 0 Å². The number of amides is 1. The number of nitrogens with one attached hydrogen (secondary N) is 1. The molecule has 0 aromatic carbocycles. The molecule has 0 radical (unpaired) electrons. The third-order valence-electron chi connectivity index (χ3n) is 2.28. The van der Waals surface area contributed by atoms with E-state index >= 15 is 0 Å². The van der Waals surface area contributed by atoms with Crippen molar-refractivity contribution < 1.29 is 4.79 Å². The zero-order valence-corrected chi connectivity index (χ0v) is 8.17. The lowest BCUT2D eigenvalue weighted by molar-refractivity contribution is 0.0931. The fraction of sp³-hybridized carbons (Fsp3) is 0.625. The molecule has 1 unspecified atom stereocenters. The van der Waals surface area contributed by atoms with Crippen LogP contribution in [0, 0.1) is 5.92 Å². The molecular formula is C8H11N3OS. The number of hydrogen-bond acceptors (Lipinski definition) is 4. The third kappa shape index (κ3) is 2.03. The Morgan fingerprint density at radius 2 is 2.54 bits per heavy atom. The molecule has 0 aliphatic heterocycles. The maximum Gasteiger partial charge on any atom is 0.272 e. The van der Waals surface area contributed by atoms with Crippen LogP contribution in [0.25, 0.3) is 0 Å². The zero-order valence-electron chi connectivity index (χ0n) is 7.36. The van der Waals surface area contributed by atoms with Crippen molar-refractivity contribution >= 4 is 17.6 Å². The highest BCUT2D eigenvalue weighted by atomic mass is 32.1. The molecule has 70 valence electrons. The lowest BCUT2D eigenvalue weighted by Gasteiger charge is -2.10. The zero-order chi connectivity index (χ0) is 9.26. The summed E-state index contributed by atoms with van der Waals surface area (Å²) in [6, 6.07) is 0.272. The van der Waals surface area contributed by atoms with Gasteiger partial charge < -0.3 is 5.32 Å². The molecule has 1 aliphatic carbocycles. The van der Waals surface area contributed by atoms with E-state index in [0.29, 0.717) is 11.6 Å². The van der Waals surface area contributed by atoms with E-state index in [1.165, 1.54) is 19.0 Å². The monoisotopic (exact) mass is 197 g/mol. The van der Waals surface area contributed by atoms with E-state index < -0.39 is 0 Å². The fourth-order valence-electron chi connectivity index (χ4n) is 1.26. The summed E-state index contributed by atoms with van der Waals surface area (Å²) in [4.78, 5) is 11.4. The maximum atomic E-state index is 11.4. The fourth-order valence-corrected chi connectivity index (χ4v) is 1.67. The minimum atomic E-state index is -0.104. The van der Waals surface area contributed by atoms with Crippen LogP contribution in [-0.2, 0) is 0 Å². The summed E-state index contributed by atoms with van der Waals surface area (Å²) in [5.41, 5.74) is 0.428. The van der Waals surface area contributed by atoms with Crippen LogP contribution in [0.1, 0.15) is 30.3 Å². The lowest BCUT2D eigenvalue weighted by atomic mass is 10.2. The van der Waals surface area contributed by atoms with Crippen LogP contribution in [0.15, 0.2) is 6.20 Å². The second-order valence-electron chi connectivity index (χ2n) is 3.39. The average molecular weight is 197 g/mol. The topological polar surface area (TPSA) is 54.9 Å². The summed E-state index contributed by atoms with van der Waals surface area (Å²) in [6.45, 7) is 2.04. The summed E-state index contributed by atoms with van der Waals surface area (Å²) in [5, 5.41) is 2.91. The van der Waals surface area contributed by atoms with Crippen molar-refractivity contribution in [1.82, 2.24) is 14.1 Å². The second kappa shape index (κ2) is 3.41. The van der Waals surface area contributed by atoms with E-state index in [2.05, 4.69) is 14.1 Å². The Hall–Kier alpha value is -0.970. The molecule has 0 saturated heterocycles. The molecule has 2 rings (SSSR count). The van der Waals surface area contributed by atoms with Gasteiger partial charge in [0, 0.05) is 6.04 Å². The predicted molar refractivity (Wildman–Crippen MR) is 49.6 cm³/mol. The van der Waals surface area contributed by atoms with Crippen molar-refractivity contribution in [3.05, 3.63) is 11.9 Å². The first kappa shape index (κ1) is 8.62. The van der Waals surface area contributed by atoms with Gasteiger partial charge in [-0.2, -0.15) is 8.75 Å². The van der Waals surface area contributed by atoms with Gasteiger partial charge in [-0.3, -0.25) is 4.79 Å². The van der Waals surface area contributed by atoms with Crippen LogP contribution in [0.3, 0.4) is 0 Å². The molecule has 1 aromatic rings. The van der Waals surface area contributed by atoms with Crippen LogP contribution in [0.2, 0.25) is 0 Å². The van der Waals surface area contributed by atoms with Crippen LogP contribution in [-0.4, -0.2) is 20.7 Å². The number of hydrogen-bond donors (Lipinski definition) is 1. The van der Waals surface area contributed by atoms with Crippen molar-refractivity contribution in [3.63, 3.8) is 0 Å². The molecule has 0 bridgehead atoms. The van der Waals surface area contributed by atoms with Crippen molar-refractivity contribution in [2.45, 2.75) is 25.8 Å². The van der Waals surface area contributed by atoms with Gasteiger partial charge in [0.2, 0.25) is 0 Å². The van der Waals surface area contributed by atoms with Crippen LogP contribution < -0.4 is 5.32 Å². The number of carbonyl (C=O) groups excluding carboxylic acids is 1. The van der Waals surface area contributed by atoms with Crippen molar-refractivity contribution in [2.24, 2.45) is 5.92 Å². The third-order valence-corrected chi connectivity index (χ3v) is 2.76. The Balaban J connectivity index is 1.91. The van der Waals surface area contributed by atoms with E-state index in [1.54, 1.807) is 0 Å². The average Bonchev–Trinajstić information content (AvgIpc) is 2.81. The molecule has 1 aliphatic rings. The molecule has 1 fully saturated rings. The minimum absolute atomic E-state index is 0.104. The van der Waals surface area contributed by atoms with Gasteiger partial charge in [0.15, 0.2) is 5.69 Å². The van der Waals surface area contributed by atoms with Gasteiger partial charge in [-0.1, -0.05) is 0 Å². The molecule has 4 nitrogen and oxygen atoms in total. The summed E-state index contributed by atoms with van der Waals surface area (Å²) >= 11 is 1.06. The molecular weight excluding hydrogens is 186 g/mol. The Bertz CT molecular complexity index is 294. The normalized spacial score (nSPS) is 18.2. The highest BCUT2D eigenvalue weighted by molar-refractivity contribution is 6.99. The molecule has 0 spiro atoms. The highest BCUT2D eigenvalue weighted by Gasteiger charge is 2.29. The first-order valence-electron chi connectivity index (χ1n) is 4.36. The number of carbonyl (C=O) groups is 1. The number of rotatable bonds is 3. The molecule has 1 saturated carbocycles. The van der Waals surface area contributed by atoms with Crippen molar-refractivity contribution in [3.8, 4) is 0 Å². The Morgan fingerprint density at radius 3 is 3.08 bits per heavy atom. The standard InChI is InChI=1S/C8H11N3OS/c1-5(6-2-3-6)10-8(12)7-4-9-13-11-7/h4-6H,2-3H2,1H3,(H,10,12). The molecule has 1 amide bonds. The summed E-state index contributed by atoms with van der Waals surface area (Å²) in [5.74, 6) is 0.573. The van der Waals surface area contributed by atoms with Gasteiger partial charge in [-0.15, -0.1) is 0 Å². The van der Waals surface area contributed by atoms with E-state index in [4.69, 9.17) is 0 Å².